The highest BCUT2D eigenvalue weighted by Crippen LogP contribution is 2.27. The smallest absolute Gasteiger partial charge is 0.0917 e. The van der Waals surface area contributed by atoms with E-state index in [1.807, 2.05) is 30.3 Å². The summed E-state index contributed by atoms with van der Waals surface area (Å²) in [5.74, 6) is 0. The Morgan fingerprint density at radius 1 is 1.00 bits per heavy atom. The van der Waals surface area contributed by atoms with E-state index in [1.54, 1.807) is 0 Å². The van der Waals surface area contributed by atoms with Crippen LogP contribution in [0.1, 0.15) is 49.5 Å². The minimum atomic E-state index is -0.509. The molecule has 0 aliphatic heterocycles. The Hall–Kier alpha value is -1.35. The molecule has 2 nitrogen and oxygen atoms in total. The fourth-order valence-electron chi connectivity index (χ4n) is 2.90. The van der Waals surface area contributed by atoms with Gasteiger partial charge in [0.25, 0.3) is 0 Å². The van der Waals surface area contributed by atoms with Gasteiger partial charge in [0.05, 0.1) is 6.10 Å². The van der Waals surface area contributed by atoms with Gasteiger partial charge in [0, 0.05) is 17.6 Å². The van der Waals surface area contributed by atoms with Gasteiger partial charge in [0.1, 0.15) is 0 Å². The predicted molar refractivity (Wildman–Crippen MR) is 97.7 cm³/mol. The molecule has 0 fully saturated rings. The van der Waals surface area contributed by atoms with Crippen molar-refractivity contribution in [1.29, 1.82) is 0 Å². The van der Waals surface area contributed by atoms with E-state index in [4.69, 9.17) is 11.6 Å². The van der Waals surface area contributed by atoms with Crippen LogP contribution in [-0.4, -0.2) is 23.6 Å². The van der Waals surface area contributed by atoms with Crippen LogP contribution in [0.4, 0.5) is 0 Å². The summed E-state index contributed by atoms with van der Waals surface area (Å²) in [6, 6.07) is 18.3. The number of rotatable bonds is 8. The second-order valence-electron chi connectivity index (χ2n) is 6.08. The Bertz CT molecular complexity index is 570. The van der Waals surface area contributed by atoms with Crippen molar-refractivity contribution in [3.05, 3.63) is 70.7 Å². The summed E-state index contributed by atoms with van der Waals surface area (Å²) in [5.41, 5.74) is 2.22. The fourth-order valence-corrected chi connectivity index (χ4v) is 3.03. The molecule has 2 aromatic rings. The number of likely N-dealkylation sites (N-methyl/N-ethyl adjacent to an activating group) is 1. The van der Waals surface area contributed by atoms with E-state index in [-0.39, 0.29) is 0 Å². The summed E-state index contributed by atoms with van der Waals surface area (Å²) in [6.07, 6.45) is 2.95. The molecular formula is C20H26ClNO. The molecule has 2 atom stereocenters. The van der Waals surface area contributed by atoms with E-state index in [9.17, 15) is 5.11 Å². The highest BCUT2D eigenvalue weighted by atomic mass is 35.5. The molecule has 0 aliphatic carbocycles. The normalized spacial score (nSPS) is 14.0. The molecule has 0 radical (unpaired) electrons. The minimum Gasteiger partial charge on any atom is -0.387 e. The van der Waals surface area contributed by atoms with Crippen LogP contribution in [-0.2, 0) is 0 Å². The molecule has 0 saturated heterocycles. The fraction of sp³-hybridized carbons (Fsp3) is 0.400. The van der Waals surface area contributed by atoms with Gasteiger partial charge in [-0.3, -0.25) is 4.90 Å². The SMILES string of the molecule is CCCCC(c1ccccc1)N(C)CC(O)c1ccc(Cl)cc1. The van der Waals surface area contributed by atoms with Crippen molar-refractivity contribution in [3.8, 4) is 0 Å². The van der Waals surface area contributed by atoms with E-state index in [0.29, 0.717) is 17.6 Å². The second kappa shape index (κ2) is 9.07. The summed E-state index contributed by atoms with van der Waals surface area (Å²) < 4.78 is 0. The van der Waals surface area contributed by atoms with Crippen molar-refractivity contribution in [3.63, 3.8) is 0 Å². The lowest BCUT2D eigenvalue weighted by Gasteiger charge is -2.30. The first-order chi connectivity index (χ1) is 11.1. The van der Waals surface area contributed by atoms with Gasteiger partial charge in [-0.1, -0.05) is 73.8 Å². The van der Waals surface area contributed by atoms with Crippen LogP contribution >= 0.6 is 11.6 Å². The van der Waals surface area contributed by atoms with Crippen LogP contribution in [0, 0.1) is 0 Å². The van der Waals surface area contributed by atoms with E-state index < -0.39 is 6.10 Å². The van der Waals surface area contributed by atoms with Crippen LogP contribution < -0.4 is 0 Å². The lowest BCUT2D eigenvalue weighted by molar-refractivity contribution is 0.100. The van der Waals surface area contributed by atoms with E-state index in [1.165, 1.54) is 18.4 Å². The molecule has 2 aromatic carbocycles. The number of halogens is 1. The first-order valence-electron chi connectivity index (χ1n) is 8.30. The van der Waals surface area contributed by atoms with Crippen LogP contribution in [0.2, 0.25) is 5.02 Å². The van der Waals surface area contributed by atoms with Gasteiger partial charge in [-0.15, -0.1) is 0 Å². The topological polar surface area (TPSA) is 23.5 Å². The Labute approximate surface area is 144 Å². The average Bonchev–Trinajstić information content (AvgIpc) is 2.56. The lowest BCUT2D eigenvalue weighted by atomic mass is 9.99. The van der Waals surface area contributed by atoms with E-state index in [0.717, 1.165) is 12.0 Å². The van der Waals surface area contributed by atoms with Crippen molar-refractivity contribution in [2.45, 2.75) is 38.3 Å². The quantitative estimate of drug-likeness (QED) is 0.715. The highest BCUT2D eigenvalue weighted by molar-refractivity contribution is 6.30. The minimum absolute atomic E-state index is 0.332. The second-order valence-corrected chi connectivity index (χ2v) is 6.51. The number of nitrogens with zero attached hydrogens (tertiary/aromatic N) is 1. The predicted octanol–water partition coefficient (Wildman–Crippen LogP) is 5.24. The van der Waals surface area contributed by atoms with Crippen molar-refractivity contribution >= 4 is 11.6 Å². The number of hydrogen-bond donors (Lipinski definition) is 1. The van der Waals surface area contributed by atoms with Gasteiger partial charge >= 0.3 is 0 Å². The van der Waals surface area contributed by atoms with Crippen molar-refractivity contribution in [1.82, 2.24) is 4.90 Å². The van der Waals surface area contributed by atoms with Crippen molar-refractivity contribution < 1.29 is 5.11 Å². The summed E-state index contributed by atoms with van der Waals surface area (Å²) in [6.45, 7) is 2.81. The van der Waals surface area contributed by atoms with Crippen LogP contribution in [0.15, 0.2) is 54.6 Å². The molecule has 0 aliphatic rings. The monoisotopic (exact) mass is 331 g/mol. The summed E-state index contributed by atoms with van der Waals surface area (Å²) in [5, 5.41) is 11.2. The lowest BCUT2D eigenvalue weighted by Crippen LogP contribution is -2.29. The first kappa shape index (κ1) is 18.0. The van der Waals surface area contributed by atoms with Crippen LogP contribution in [0.25, 0.3) is 0 Å². The first-order valence-corrected chi connectivity index (χ1v) is 8.68. The molecule has 0 heterocycles. The molecule has 2 rings (SSSR count). The molecule has 1 N–H and O–H groups in total. The van der Waals surface area contributed by atoms with Gasteiger partial charge < -0.3 is 5.11 Å². The van der Waals surface area contributed by atoms with Gasteiger partial charge in [-0.2, -0.15) is 0 Å². The number of aliphatic hydroxyl groups is 1. The molecule has 2 unspecified atom stereocenters. The van der Waals surface area contributed by atoms with Gasteiger partial charge in [-0.25, -0.2) is 0 Å². The molecule has 23 heavy (non-hydrogen) atoms. The highest BCUT2D eigenvalue weighted by Gasteiger charge is 2.19. The molecule has 124 valence electrons. The Morgan fingerprint density at radius 3 is 2.26 bits per heavy atom. The Balaban J connectivity index is 2.07. The van der Waals surface area contributed by atoms with E-state index in [2.05, 4.69) is 43.1 Å². The molecule has 0 spiro atoms. The van der Waals surface area contributed by atoms with Gasteiger partial charge in [0.2, 0.25) is 0 Å². The third-order valence-corrected chi connectivity index (χ3v) is 4.52. The van der Waals surface area contributed by atoms with Gasteiger partial charge in [0.15, 0.2) is 0 Å². The molecular weight excluding hydrogens is 306 g/mol. The number of benzene rings is 2. The number of aliphatic hydroxyl groups excluding tert-OH is 1. The maximum absolute atomic E-state index is 10.5. The van der Waals surface area contributed by atoms with Crippen LogP contribution in [0.3, 0.4) is 0 Å². The van der Waals surface area contributed by atoms with Gasteiger partial charge in [-0.05, 0) is 36.7 Å². The molecule has 0 saturated carbocycles. The van der Waals surface area contributed by atoms with Crippen molar-refractivity contribution in [2.75, 3.05) is 13.6 Å². The molecule has 0 aromatic heterocycles. The maximum Gasteiger partial charge on any atom is 0.0917 e. The summed E-state index contributed by atoms with van der Waals surface area (Å²) >= 11 is 5.92. The maximum atomic E-state index is 10.5. The zero-order valence-corrected chi connectivity index (χ0v) is 14.7. The molecule has 0 bridgehead atoms. The summed E-state index contributed by atoms with van der Waals surface area (Å²) in [7, 11) is 2.09. The Morgan fingerprint density at radius 2 is 1.65 bits per heavy atom. The zero-order chi connectivity index (χ0) is 16.7. The molecule has 0 amide bonds. The summed E-state index contributed by atoms with van der Waals surface area (Å²) in [4.78, 5) is 2.25. The third-order valence-electron chi connectivity index (χ3n) is 4.26. The molecule has 3 heteroatoms. The Kier molecular flexibility index (Phi) is 7.10. The van der Waals surface area contributed by atoms with Crippen LogP contribution in [0.5, 0.6) is 0 Å². The largest absolute Gasteiger partial charge is 0.387 e. The number of hydrogen-bond acceptors (Lipinski definition) is 2. The standard InChI is InChI=1S/C20H26ClNO/c1-3-4-10-19(16-8-6-5-7-9-16)22(2)15-20(23)17-11-13-18(21)14-12-17/h5-9,11-14,19-20,23H,3-4,10,15H2,1-2H3. The van der Waals surface area contributed by atoms with E-state index >= 15 is 0 Å². The van der Waals surface area contributed by atoms with Crippen molar-refractivity contribution in [2.24, 2.45) is 0 Å². The zero-order valence-electron chi connectivity index (χ0n) is 14.0. The average molecular weight is 332 g/mol. The third kappa shape index (κ3) is 5.35. The number of unbranched alkanes of at least 4 members (excludes halogenated alkanes) is 1.